The summed E-state index contributed by atoms with van der Waals surface area (Å²) >= 11 is 3.25. The molecule has 0 unspecified atom stereocenters. The summed E-state index contributed by atoms with van der Waals surface area (Å²) in [6.45, 7) is 4.27. The van der Waals surface area contributed by atoms with Crippen molar-refractivity contribution in [1.29, 1.82) is 0 Å². The smallest absolute Gasteiger partial charge is 0.257 e. The summed E-state index contributed by atoms with van der Waals surface area (Å²) in [6, 6.07) is 7.88. The molecule has 4 aromatic rings. The first-order valence-electron chi connectivity index (χ1n) is 8.25. The van der Waals surface area contributed by atoms with Crippen molar-refractivity contribution in [2.24, 2.45) is 0 Å². The van der Waals surface area contributed by atoms with Crippen LogP contribution in [0.5, 0.6) is 5.75 Å². The van der Waals surface area contributed by atoms with Gasteiger partial charge in [0.1, 0.15) is 5.75 Å². The fourth-order valence-corrected chi connectivity index (χ4v) is 4.44. The molecule has 0 aliphatic rings. The van der Waals surface area contributed by atoms with Gasteiger partial charge in [-0.2, -0.15) is 0 Å². The van der Waals surface area contributed by atoms with E-state index in [1.165, 1.54) is 22.2 Å². The Hall–Kier alpha value is -2.32. The van der Waals surface area contributed by atoms with Crippen molar-refractivity contribution < 1.29 is 9.15 Å². The number of aromatic nitrogens is 4. The minimum absolute atomic E-state index is 0.564. The first-order valence-corrected chi connectivity index (χ1v) is 10.0. The second-order valence-electron chi connectivity index (χ2n) is 5.79. The van der Waals surface area contributed by atoms with Gasteiger partial charge >= 0.3 is 0 Å². The maximum absolute atomic E-state index is 5.82. The summed E-state index contributed by atoms with van der Waals surface area (Å²) in [5.41, 5.74) is 3.12. The number of thiophene rings is 1. The van der Waals surface area contributed by atoms with Gasteiger partial charge in [-0.15, -0.1) is 21.5 Å². The minimum Gasteiger partial charge on any atom is -0.497 e. The summed E-state index contributed by atoms with van der Waals surface area (Å²) in [5, 5.41) is 9.16. The zero-order valence-corrected chi connectivity index (χ0v) is 16.3. The summed E-state index contributed by atoms with van der Waals surface area (Å²) in [4.78, 5) is 10.2. The number of aromatic amines is 1. The summed E-state index contributed by atoms with van der Waals surface area (Å²) in [6.07, 6.45) is 1.02. The quantitative estimate of drug-likeness (QED) is 0.478. The number of ether oxygens (including phenoxy) is 1. The number of hydrogen-bond donors (Lipinski definition) is 1. The average molecular weight is 387 g/mol. The molecule has 0 spiro atoms. The molecular formula is C18H18N4O2S2. The highest BCUT2D eigenvalue weighted by atomic mass is 32.2. The van der Waals surface area contributed by atoms with Gasteiger partial charge in [0.2, 0.25) is 5.89 Å². The van der Waals surface area contributed by atoms with Gasteiger partial charge in [0, 0.05) is 10.9 Å². The van der Waals surface area contributed by atoms with Gasteiger partial charge in [-0.1, -0.05) is 18.7 Å². The van der Waals surface area contributed by atoms with Gasteiger partial charge in [0.15, 0.2) is 5.16 Å². The van der Waals surface area contributed by atoms with Crippen molar-refractivity contribution in [3.63, 3.8) is 0 Å². The zero-order valence-electron chi connectivity index (χ0n) is 14.7. The molecular weight excluding hydrogens is 368 g/mol. The predicted molar refractivity (Wildman–Crippen MR) is 104 cm³/mol. The zero-order chi connectivity index (χ0) is 18.1. The van der Waals surface area contributed by atoms with Crippen molar-refractivity contribution in [3.8, 4) is 16.5 Å². The molecule has 1 N–H and O–H groups in total. The second kappa shape index (κ2) is 7.13. The Labute approximate surface area is 159 Å². The molecule has 0 radical (unpaired) electrons. The van der Waals surface area contributed by atoms with E-state index in [4.69, 9.17) is 9.15 Å². The van der Waals surface area contributed by atoms with E-state index < -0.39 is 0 Å². The van der Waals surface area contributed by atoms with E-state index in [0.29, 0.717) is 17.5 Å². The number of rotatable bonds is 6. The van der Waals surface area contributed by atoms with Crippen molar-refractivity contribution >= 4 is 34.1 Å². The van der Waals surface area contributed by atoms with E-state index in [-0.39, 0.29) is 0 Å². The third-order valence-corrected chi connectivity index (χ3v) is 6.25. The van der Waals surface area contributed by atoms with Crippen LogP contribution in [0.25, 0.3) is 21.8 Å². The Bertz CT molecular complexity index is 1050. The van der Waals surface area contributed by atoms with Crippen molar-refractivity contribution in [1.82, 2.24) is 20.2 Å². The van der Waals surface area contributed by atoms with Crippen LogP contribution in [0.1, 0.15) is 23.3 Å². The average Bonchev–Trinajstić information content (AvgIpc) is 3.36. The molecule has 0 bridgehead atoms. The largest absolute Gasteiger partial charge is 0.497 e. The van der Waals surface area contributed by atoms with Gasteiger partial charge in [0.05, 0.1) is 28.8 Å². The van der Waals surface area contributed by atoms with E-state index >= 15 is 0 Å². The van der Waals surface area contributed by atoms with Gasteiger partial charge in [-0.05, 0) is 37.1 Å². The van der Waals surface area contributed by atoms with Crippen LogP contribution in [0, 0.1) is 6.92 Å². The molecule has 0 saturated heterocycles. The minimum atomic E-state index is 0.564. The second-order valence-corrected chi connectivity index (χ2v) is 7.89. The number of H-pyrrole nitrogens is 1. The molecule has 3 heterocycles. The van der Waals surface area contributed by atoms with Crippen LogP contribution in [0.3, 0.4) is 0 Å². The van der Waals surface area contributed by atoms with Crippen LogP contribution in [-0.2, 0) is 12.2 Å². The van der Waals surface area contributed by atoms with Crippen LogP contribution < -0.4 is 4.74 Å². The Morgan fingerprint density at radius 3 is 2.92 bits per heavy atom. The molecule has 0 saturated carbocycles. The lowest BCUT2D eigenvalue weighted by Crippen LogP contribution is -1.81. The van der Waals surface area contributed by atoms with Gasteiger partial charge in [-0.25, -0.2) is 4.98 Å². The van der Waals surface area contributed by atoms with Crippen LogP contribution in [0.15, 0.2) is 33.8 Å². The molecule has 0 atom stereocenters. The van der Waals surface area contributed by atoms with E-state index in [1.54, 1.807) is 18.4 Å². The first-order chi connectivity index (χ1) is 12.7. The molecule has 1 aromatic carbocycles. The van der Waals surface area contributed by atoms with Gasteiger partial charge in [-0.3, -0.25) is 0 Å². The highest BCUT2D eigenvalue weighted by molar-refractivity contribution is 7.98. The Morgan fingerprint density at radius 1 is 1.27 bits per heavy atom. The molecule has 8 heteroatoms. The molecule has 0 aliphatic heterocycles. The molecule has 3 aromatic heterocycles. The van der Waals surface area contributed by atoms with E-state index in [2.05, 4.69) is 40.1 Å². The lowest BCUT2D eigenvalue weighted by molar-refractivity contribution is 0.415. The van der Waals surface area contributed by atoms with Gasteiger partial charge in [0.25, 0.3) is 5.89 Å². The monoisotopic (exact) mass is 386 g/mol. The van der Waals surface area contributed by atoms with Crippen LogP contribution in [-0.4, -0.2) is 27.3 Å². The number of methoxy groups -OCH3 is 1. The first kappa shape index (κ1) is 17.1. The maximum atomic E-state index is 5.82. The third-order valence-electron chi connectivity index (χ3n) is 4.02. The van der Waals surface area contributed by atoms with Crippen LogP contribution in [0.4, 0.5) is 0 Å². The number of aryl methyl sites for hydroxylation is 2. The van der Waals surface area contributed by atoms with Gasteiger partial charge < -0.3 is 14.1 Å². The highest BCUT2D eigenvalue weighted by Crippen LogP contribution is 2.32. The predicted octanol–water partition coefficient (Wildman–Crippen LogP) is 4.85. The molecule has 0 amide bonds. The number of nitrogens with one attached hydrogen (secondary N) is 1. The van der Waals surface area contributed by atoms with E-state index in [0.717, 1.165) is 33.2 Å². The number of benzene rings is 1. The molecule has 0 fully saturated rings. The SMILES string of the molecule is CCc1sc(-c2nnc(CSc3nc4ccc(OC)cc4[nH]3)o2)cc1C. The Kier molecular flexibility index (Phi) is 4.69. The molecule has 4 rings (SSSR count). The fourth-order valence-electron chi connectivity index (χ4n) is 2.68. The summed E-state index contributed by atoms with van der Waals surface area (Å²) < 4.78 is 11.1. The maximum Gasteiger partial charge on any atom is 0.257 e. The van der Waals surface area contributed by atoms with Crippen molar-refractivity contribution in [3.05, 3.63) is 40.6 Å². The van der Waals surface area contributed by atoms with E-state index in [9.17, 15) is 0 Å². The molecule has 0 aliphatic carbocycles. The van der Waals surface area contributed by atoms with E-state index in [1.807, 2.05) is 18.2 Å². The normalized spacial score (nSPS) is 11.3. The fraction of sp³-hybridized carbons (Fsp3) is 0.278. The summed E-state index contributed by atoms with van der Waals surface area (Å²) in [5.74, 6) is 2.54. The highest BCUT2D eigenvalue weighted by Gasteiger charge is 2.14. The molecule has 134 valence electrons. The number of nitrogens with zero attached hydrogens (tertiary/aromatic N) is 3. The Balaban J connectivity index is 1.47. The number of hydrogen-bond acceptors (Lipinski definition) is 7. The third kappa shape index (κ3) is 3.34. The number of fused-ring (bicyclic) bond motifs is 1. The van der Waals surface area contributed by atoms with Crippen LogP contribution >= 0.6 is 23.1 Å². The number of imidazole rings is 1. The summed E-state index contributed by atoms with van der Waals surface area (Å²) in [7, 11) is 1.65. The molecule has 6 nitrogen and oxygen atoms in total. The van der Waals surface area contributed by atoms with Crippen molar-refractivity contribution in [2.45, 2.75) is 31.2 Å². The van der Waals surface area contributed by atoms with Crippen LogP contribution in [0.2, 0.25) is 0 Å². The Morgan fingerprint density at radius 2 is 2.15 bits per heavy atom. The topological polar surface area (TPSA) is 76.8 Å². The standard InChI is InChI=1S/C18H18N4O2S2/c1-4-14-10(2)7-15(26-14)17-22-21-16(24-17)9-25-18-19-12-6-5-11(23-3)8-13(12)20-18/h5-8H,4,9H2,1-3H3,(H,19,20). The van der Waals surface area contributed by atoms with Crippen molar-refractivity contribution in [2.75, 3.05) is 7.11 Å². The lowest BCUT2D eigenvalue weighted by Gasteiger charge is -1.96. The number of thioether (sulfide) groups is 1. The molecule has 26 heavy (non-hydrogen) atoms. The lowest BCUT2D eigenvalue weighted by atomic mass is 10.2.